The lowest BCUT2D eigenvalue weighted by molar-refractivity contribution is -0.900. The first kappa shape index (κ1) is 15.6. The van der Waals surface area contributed by atoms with Crippen LogP contribution in [0.3, 0.4) is 0 Å². The molecule has 0 saturated carbocycles. The van der Waals surface area contributed by atoms with Gasteiger partial charge in [0, 0.05) is 12.0 Å². The van der Waals surface area contributed by atoms with Crippen molar-refractivity contribution in [3.8, 4) is 11.5 Å². The molecule has 0 aliphatic carbocycles. The molecule has 116 valence electrons. The smallest absolute Gasteiger partial charge is 0.279 e. The molecule has 2 N–H and O–H groups in total. The average molecular weight is 293 g/mol. The predicted molar refractivity (Wildman–Crippen MR) is 82.1 cm³/mol. The molecule has 1 amide bonds. The van der Waals surface area contributed by atoms with Crippen molar-refractivity contribution in [2.24, 2.45) is 5.92 Å². The zero-order valence-corrected chi connectivity index (χ0v) is 13.1. The van der Waals surface area contributed by atoms with E-state index in [4.69, 9.17) is 9.47 Å². The van der Waals surface area contributed by atoms with Crippen molar-refractivity contribution >= 4 is 11.6 Å². The van der Waals surface area contributed by atoms with E-state index >= 15 is 0 Å². The first-order valence-corrected chi connectivity index (χ1v) is 7.47. The largest absolute Gasteiger partial charge is 0.497 e. The fourth-order valence-corrected chi connectivity index (χ4v) is 2.89. The van der Waals surface area contributed by atoms with Crippen LogP contribution in [0.1, 0.15) is 19.8 Å². The molecule has 1 unspecified atom stereocenters. The number of carbonyl (C=O) groups is 1. The highest BCUT2D eigenvalue weighted by Crippen LogP contribution is 2.28. The van der Waals surface area contributed by atoms with Gasteiger partial charge in [-0.3, -0.25) is 4.79 Å². The minimum Gasteiger partial charge on any atom is -0.497 e. The Bertz CT molecular complexity index is 490. The normalized spacial score (nSPS) is 21.7. The lowest BCUT2D eigenvalue weighted by atomic mass is 10.0. The molecular weight excluding hydrogens is 268 g/mol. The first-order valence-electron chi connectivity index (χ1n) is 7.47. The number of benzene rings is 1. The van der Waals surface area contributed by atoms with E-state index in [0.717, 1.165) is 13.1 Å². The number of methoxy groups -OCH3 is 2. The van der Waals surface area contributed by atoms with Gasteiger partial charge < -0.3 is 19.7 Å². The summed E-state index contributed by atoms with van der Waals surface area (Å²) < 4.78 is 10.5. The van der Waals surface area contributed by atoms with Gasteiger partial charge in [0.2, 0.25) is 0 Å². The molecule has 1 saturated heterocycles. The second-order valence-electron chi connectivity index (χ2n) is 5.74. The third-order valence-electron chi connectivity index (χ3n) is 3.96. The highest BCUT2D eigenvalue weighted by atomic mass is 16.5. The SMILES string of the molecule is COc1ccc(OC)c(NC(=O)C[NH+]2CCC[C@@H](C)C2)c1. The van der Waals surface area contributed by atoms with Gasteiger partial charge in [-0.1, -0.05) is 6.92 Å². The van der Waals surface area contributed by atoms with E-state index in [1.54, 1.807) is 26.4 Å². The van der Waals surface area contributed by atoms with Gasteiger partial charge >= 0.3 is 0 Å². The van der Waals surface area contributed by atoms with Crippen molar-refractivity contribution in [3.63, 3.8) is 0 Å². The minimum atomic E-state index is 0.0191. The summed E-state index contributed by atoms with van der Waals surface area (Å²) in [7, 11) is 3.20. The number of piperidine rings is 1. The molecule has 21 heavy (non-hydrogen) atoms. The second-order valence-corrected chi connectivity index (χ2v) is 5.74. The number of carbonyl (C=O) groups excluding carboxylic acids is 1. The number of ether oxygens (including phenoxy) is 2. The Morgan fingerprint density at radius 2 is 2.19 bits per heavy atom. The highest BCUT2D eigenvalue weighted by molar-refractivity contribution is 5.93. The number of nitrogens with one attached hydrogen (secondary N) is 2. The molecule has 0 bridgehead atoms. The number of rotatable bonds is 5. The summed E-state index contributed by atoms with van der Waals surface area (Å²) in [6.07, 6.45) is 2.47. The molecule has 1 aliphatic heterocycles. The van der Waals surface area contributed by atoms with E-state index in [1.165, 1.54) is 17.7 Å². The molecule has 2 atom stereocenters. The second kappa shape index (κ2) is 7.31. The molecule has 5 heteroatoms. The third kappa shape index (κ3) is 4.36. The molecule has 1 aliphatic rings. The molecule has 1 fully saturated rings. The fraction of sp³-hybridized carbons (Fsp3) is 0.562. The van der Waals surface area contributed by atoms with E-state index in [0.29, 0.717) is 29.6 Å². The minimum absolute atomic E-state index is 0.0191. The number of likely N-dealkylation sites (tertiary alicyclic amines) is 1. The maximum absolute atomic E-state index is 12.2. The quantitative estimate of drug-likeness (QED) is 0.850. The monoisotopic (exact) mass is 293 g/mol. The third-order valence-corrected chi connectivity index (χ3v) is 3.96. The van der Waals surface area contributed by atoms with E-state index in [9.17, 15) is 4.79 Å². The maximum Gasteiger partial charge on any atom is 0.279 e. The van der Waals surface area contributed by atoms with Gasteiger partial charge in [0.25, 0.3) is 5.91 Å². The van der Waals surface area contributed by atoms with Crippen LogP contribution in [0.4, 0.5) is 5.69 Å². The lowest BCUT2D eigenvalue weighted by Crippen LogP contribution is -3.14. The van der Waals surface area contributed by atoms with Gasteiger partial charge in [-0.05, 0) is 25.0 Å². The van der Waals surface area contributed by atoms with Crippen molar-refractivity contribution in [3.05, 3.63) is 18.2 Å². The first-order chi connectivity index (χ1) is 10.1. The predicted octanol–water partition coefficient (Wildman–Crippen LogP) is 0.957. The van der Waals surface area contributed by atoms with E-state index in [1.807, 2.05) is 6.07 Å². The van der Waals surface area contributed by atoms with Crippen LogP contribution in [0.5, 0.6) is 11.5 Å². The zero-order valence-electron chi connectivity index (χ0n) is 13.1. The van der Waals surface area contributed by atoms with Crippen molar-refractivity contribution in [1.82, 2.24) is 0 Å². The number of hydrogen-bond acceptors (Lipinski definition) is 3. The van der Waals surface area contributed by atoms with Crippen molar-refractivity contribution in [2.45, 2.75) is 19.8 Å². The number of hydrogen-bond donors (Lipinski definition) is 2. The highest BCUT2D eigenvalue weighted by Gasteiger charge is 2.22. The molecule has 0 radical (unpaired) electrons. The maximum atomic E-state index is 12.2. The van der Waals surface area contributed by atoms with Gasteiger partial charge in [0.05, 0.1) is 33.0 Å². The van der Waals surface area contributed by atoms with E-state index in [-0.39, 0.29) is 5.91 Å². The molecule has 1 heterocycles. The van der Waals surface area contributed by atoms with Crippen LogP contribution in [0.25, 0.3) is 0 Å². The topological polar surface area (TPSA) is 52.0 Å². The van der Waals surface area contributed by atoms with Crippen molar-refractivity contribution in [2.75, 3.05) is 39.2 Å². The molecule has 0 spiro atoms. The van der Waals surface area contributed by atoms with Crippen LogP contribution in [-0.4, -0.2) is 39.8 Å². The van der Waals surface area contributed by atoms with Crippen LogP contribution < -0.4 is 19.7 Å². The number of quaternary nitrogens is 1. The van der Waals surface area contributed by atoms with E-state index in [2.05, 4.69) is 12.2 Å². The molecular formula is C16H25N2O3+. The van der Waals surface area contributed by atoms with E-state index < -0.39 is 0 Å². The van der Waals surface area contributed by atoms with Gasteiger partial charge in [-0.15, -0.1) is 0 Å². The van der Waals surface area contributed by atoms with Crippen LogP contribution in [-0.2, 0) is 4.79 Å². The Morgan fingerprint density at radius 3 is 2.86 bits per heavy atom. The number of anilines is 1. The number of amides is 1. The summed E-state index contributed by atoms with van der Waals surface area (Å²) in [5, 5.41) is 2.93. The average Bonchev–Trinajstić information content (AvgIpc) is 2.47. The molecule has 0 aromatic heterocycles. The summed E-state index contributed by atoms with van der Waals surface area (Å²) in [6.45, 7) is 4.91. The summed E-state index contributed by atoms with van der Waals surface area (Å²) in [5.74, 6) is 2.06. The van der Waals surface area contributed by atoms with Crippen LogP contribution in [0.2, 0.25) is 0 Å². The van der Waals surface area contributed by atoms with Crippen LogP contribution in [0, 0.1) is 5.92 Å². The molecule has 2 rings (SSSR count). The summed E-state index contributed by atoms with van der Waals surface area (Å²) >= 11 is 0. The lowest BCUT2D eigenvalue weighted by Gasteiger charge is -2.27. The van der Waals surface area contributed by atoms with Crippen molar-refractivity contribution < 1.29 is 19.2 Å². The summed E-state index contributed by atoms with van der Waals surface area (Å²) in [5.41, 5.74) is 0.659. The van der Waals surface area contributed by atoms with Crippen molar-refractivity contribution in [1.29, 1.82) is 0 Å². The Balaban J connectivity index is 1.98. The standard InChI is InChI=1S/C16H24N2O3/c1-12-5-4-8-18(10-12)11-16(19)17-14-9-13(20-2)6-7-15(14)21-3/h6-7,9,12H,4-5,8,10-11H2,1-3H3,(H,17,19)/p+1/t12-/m1/s1. The van der Waals surface area contributed by atoms with Crippen LogP contribution in [0.15, 0.2) is 18.2 Å². The summed E-state index contributed by atoms with van der Waals surface area (Å²) in [6, 6.07) is 5.39. The molecule has 1 aromatic rings. The van der Waals surface area contributed by atoms with Gasteiger partial charge in [0.1, 0.15) is 11.5 Å². The van der Waals surface area contributed by atoms with Gasteiger partial charge in [-0.2, -0.15) is 0 Å². The zero-order chi connectivity index (χ0) is 15.2. The Morgan fingerprint density at radius 1 is 1.38 bits per heavy atom. The Hall–Kier alpha value is -1.75. The van der Waals surface area contributed by atoms with Gasteiger partial charge in [-0.25, -0.2) is 0 Å². The summed E-state index contributed by atoms with van der Waals surface area (Å²) in [4.78, 5) is 13.6. The Labute approximate surface area is 126 Å². The fourth-order valence-electron chi connectivity index (χ4n) is 2.89. The Kier molecular flexibility index (Phi) is 5.44. The van der Waals surface area contributed by atoms with Crippen LogP contribution >= 0.6 is 0 Å². The molecule has 5 nitrogen and oxygen atoms in total. The van der Waals surface area contributed by atoms with Gasteiger partial charge in [0.15, 0.2) is 6.54 Å². The molecule has 1 aromatic carbocycles.